The summed E-state index contributed by atoms with van der Waals surface area (Å²) in [6.45, 7) is 0.583. The number of nitrogens with zero attached hydrogens (tertiary/aromatic N) is 1. The van der Waals surface area contributed by atoms with Gasteiger partial charge in [-0.3, -0.25) is 9.79 Å². The van der Waals surface area contributed by atoms with Crippen molar-refractivity contribution in [3.63, 3.8) is 0 Å². The summed E-state index contributed by atoms with van der Waals surface area (Å²) in [7, 11) is 0. The molecular formula is C5H11N3O. The van der Waals surface area contributed by atoms with E-state index in [1.54, 1.807) is 0 Å². The van der Waals surface area contributed by atoms with Gasteiger partial charge in [0.05, 0.1) is 6.34 Å². The molecule has 0 heterocycles. The van der Waals surface area contributed by atoms with Gasteiger partial charge in [0, 0.05) is 13.0 Å². The third kappa shape index (κ3) is 6.94. The highest BCUT2D eigenvalue weighted by molar-refractivity contribution is 5.73. The quantitative estimate of drug-likeness (QED) is 0.297. The van der Waals surface area contributed by atoms with E-state index in [0.29, 0.717) is 19.4 Å². The first-order chi connectivity index (χ1) is 4.27. The zero-order valence-electron chi connectivity index (χ0n) is 5.21. The highest BCUT2D eigenvalue weighted by Gasteiger charge is 1.90. The third-order valence-corrected chi connectivity index (χ3v) is 0.816. The van der Waals surface area contributed by atoms with E-state index in [4.69, 9.17) is 11.5 Å². The van der Waals surface area contributed by atoms with Gasteiger partial charge >= 0.3 is 0 Å². The van der Waals surface area contributed by atoms with Gasteiger partial charge in [-0.05, 0) is 6.42 Å². The Hall–Kier alpha value is -1.06. The molecule has 4 heteroatoms. The first-order valence-corrected chi connectivity index (χ1v) is 2.75. The Labute approximate surface area is 53.9 Å². The molecule has 0 aliphatic carbocycles. The fourth-order valence-electron chi connectivity index (χ4n) is 0.419. The summed E-state index contributed by atoms with van der Waals surface area (Å²) in [6.07, 6.45) is 2.29. The van der Waals surface area contributed by atoms with Crippen molar-refractivity contribution in [1.29, 1.82) is 0 Å². The minimum atomic E-state index is -0.290. The van der Waals surface area contributed by atoms with Crippen molar-refractivity contribution >= 4 is 12.2 Å². The highest BCUT2D eigenvalue weighted by Crippen LogP contribution is 1.85. The molecular weight excluding hydrogens is 118 g/mol. The van der Waals surface area contributed by atoms with Gasteiger partial charge in [0.25, 0.3) is 0 Å². The maximum atomic E-state index is 10.1. The average Bonchev–Trinajstić information content (AvgIpc) is 1.80. The Balaban J connectivity index is 3.01. The normalized spacial score (nSPS) is 10.2. The molecule has 0 rings (SSSR count). The van der Waals surface area contributed by atoms with Crippen molar-refractivity contribution < 1.29 is 4.79 Å². The lowest BCUT2D eigenvalue weighted by Crippen LogP contribution is -2.10. The first-order valence-electron chi connectivity index (χ1n) is 2.75. The van der Waals surface area contributed by atoms with Crippen LogP contribution in [0.5, 0.6) is 0 Å². The number of primary amides is 1. The van der Waals surface area contributed by atoms with Crippen molar-refractivity contribution in [1.82, 2.24) is 0 Å². The van der Waals surface area contributed by atoms with E-state index in [1.165, 1.54) is 6.34 Å². The van der Waals surface area contributed by atoms with Crippen molar-refractivity contribution in [2.75, 3.05) is 6.54 Å². The van der Waals surface area contributed by atoms with Gasteiger partial charge in [-0.25, -0.2) is 0 Å². The molecule has 0 aromatic carbocycles. The molecule has 1 amide bonds. The predicted octanol–water partition coefficient (Wildman–Crippen LogP) is -0.761. The summed E-state index contributed by atoms with van der Waals surface area (Å²) in [5.74, 6) is -0.290. The van der Waals surface area contributed by atoms with Gasteiger partial charge in [-0.15, -0.1) is 0 Å². The van der Waals surface area contributed by atoms with Crippen LogP contribution < -0.4 is 11.5 Å². The maximum absolute atomic E-state index is 10.1. The van der Waals surface area contributed by atoms with Crippen LogP contribution >= 0.6 is 0 Å². The van der Waals surface area contributed by atoms with Gasteiger partial charge in [-0.1, -0.05) is 0 Å². The van der Waals surface area contributed by atoms with Crippen LogP contribution in [-0.4, -0.2) is 18.8 Å². The molecule has 0 bridgehead atoms. The van der Waals surface area contributed by atoms with Crippen LogP contribution in [-0.2, 0) is 4.79 Å². The Kier molecular flexibility index (Phi) is 4.49. The van der Waals surface area contributed by atoms with Crippen LogP contribution in [0.1, 0.15) is 12.8 Å². The van der Waals surface area contributed by atoms with Gasteiger partial charge in [-0.2, -0.15) is 0 Å². The summed E-state index contributed by atoms with van der Waals surface area (Å²) in [6, 6.07) is 0. The molecule has 0 aliphatic heterocycles. The van der Waals surface area contributed by atoms with Crippen LogP contribution in [0.4, 0.5) is 0 Å². The minimum Gasteiger partial charge on any atom is -0.390 e. The highest BCUT2D eigenvalue weighted by atomic mass is 16.1. The molecule has 0 saturated heterocycles. The van der Waals surface area contributed by atoms with Crippen LogP contribution in [0.3, 0.4) is 0 Å². The Morgan fingerprint density at radius 2 is 2.33 bits per heavy atom. The Bertz CT molecular complexity index is 111. The van der Waals surface area contributed by atoms with E-state index in [9.17, 15) is 4.79 Å². The zero-order chi connectivity index (χ0) is 7.11. The number of hydrogen-bond acceptors (Lipinski definition) is 2. The molecule has 0 aliphatic rings. The summed E-state index contributed by atoms with van der Waals surface area (Å²) in [5, 5.41) is 0. The topological polar surface area (TPSA) is 81.5 Å². The number of carbonyl (C=O) groups is 1. The number of aliphatic imine (C=N–C) groups is 1. The monoisotopic (exact) mass is 129 g/mol. The molecule has 0 aromatic heterocycles. The molecule has 0 fully saturated rings. The minimum absolute atomic E-state index is 0.290. The first kappa shape index (κ1) is 7.94. The van der Waals surface area contributed by atoms with Gasteiger partial charge in [0.2, 0.25) is 5.91 Å². The third-order valence-electron chi connectivity index (χ3n) is 0.816. The molecule has 0 saturated carbocycles. The van der Waals surface area contributed by atoms with Crippen LogP contribution in [0.15, 0.2) is 4.99 Å². The molecule has 0 unspecified atom stereocenters. The Morgan fingerprint density at radius 1 is 1.67 bits per heavy atom. The SMILES string of the molecule is NC=NCCCC(N)=O. The molecule has 0 aromatic rings. The summed E-state index contributed by atoms with van der Waals surface area (Å²) >= 11 is 0. The number of nitrogens with two attached hydrogens (primary N) is 2. The molecule has 9 heavy (non-hydrogen) atoms. The van der Waals surface area contributed by atoms with Gasteiger partial charge in [0.1, 0.15) is 0 Å². The molecule has 52 valence electrons. The van der Waals surface area contributed by atoms with Crippen LogP contribution in [0.2, 0.25) is 0 Å². The van der Waals surface area contributed by atoms with Crippen LogP contribution in [0.25, 0.3) is 0 Å². The maximum Gasteiger partial charge on any atom is 0.217 e. The van der Waals surface area contributed by atoms with Crippen molar-refractivity contribution in [2.45, 2.75) is 12.8 Å². The molecule has 0 radical (unpaired) electrons. The predicted molar refractivity (Wildman–Crippen MR) is 36.0 cm³/mol. The van der Waals surface area contributed by atoms with E-state index >= 15 is 0 Å². The van der Waals surface area contributed by atoms with Crippen molar-refractivity contribution in [3.8, 4) is 0 Å². The van der Waals surface area contributed by atoms with Crippen molar-refractivity contribution in [3.05, 3.63) is 0 Å². The van der Waals surface area contributed by atoms with E-state index in [-0.39, 0.29) is 5.91 Å². The van der Waals surface area contributed by atoms with E-state index < -0.39 is 0 Å². The van der Waals surface area contributed by atoms with Crippen molar-refractivity contribution in [2.24, 2.45) is 16.5 Å². The second kappa shape index (κ2) is 5.08. The fraction of sp³-hybridized carbons (Fsp3) is 0.600. The number of hydrogen-bond donors (Lipinski definition) is 2. The second-order valence-corrected chi connectivity index (χ2v) is 1.63. The van der Waals surface area contributed by atoms with Gasteiger partial charge < -0.3 is 11.5 Å². The molecule has 0 atom stereocenters. The number of rotatable bonds is 4. The second-order valence-electron chi connectivity index (χ2n) is 1.63. The largest absolute Gasteiger partial charge is 0.390 e. The summed E-state index contributed by atoms with van der Waals surface area (Å²) in [5.41, 5.74) is 9.79. The molecule has 4 N–H and O–H groups in total. The molecule has 0 spiro atoms. The van der Waals surface area contributed by atoms with E-state index in [0.717, 1.165) is 0 Å². The summed E-state index contributed by atoms with van der Waals surface area (Å²) in [4.78, 5) is 13.8. The van der Waals surface area contributed by atoms with Gasteiger partial charge in [0.15, 0.2) is 0 Å². The fourth-order valence-corrected chi connectivity index (χ4v) is 0.419. The van der Waals surface area contributed by atoms with Crippen LogP contribution in [0, 0.1) is 0 Å². The lowest BCUT2D eigenvalue weighted by molar-refractivity contribution is -0.118. The standard InChI is InChI=1S/C5H11N3O/c6-4-8-3-1-2-5(7)9/h4H,1-3H2,(H2,6,8)(H2,7,9). The lowest BCUT2D eigenvalue weighted by atomic mass is 10.3. The average molecular weight is 129 g/mol. The zero-order valence-corrected chi connectivity index (χ0v) is 5.21. The Morgan fingerprint density at radius 3 is 2.78 bits per heavy atom. The summed E-state index contributed by atoms with van der Waals surface area (Å²) < 4.78 is 0. The number of carbonyl (C=O) groups excluding carboxylic acids is 1. The smallest absolute Gasteiger partial charge is 0.217 e. The van der Waals surface area contributed by atoms with E-state index in [2.05, 4.69) is 4.99 Å². The molecule has 4 nitrogen and oxygen atoms in total. The number of amides is 1. The lowest BCUT2D eigenvalue weighted by Gasteiger charge is -1.89. The van der Waals surface area contributed by atoms with E-state index in [1.807, 2.05) is 0 Å².